The lowest BCUT2D eigenvalue weighted by Gasteiger charge is -2.18. The van der Waals surface area contributed by atoms with Crippen LogP contribution in [-0.2, 0) is 15.7 Å². The third kappa shape index (κ3) is 4.85. The van der Waals surface area contributed by atoms with Crippen molar-refractivity contribution in [1.29, 1.82) is 0 Å². The number of hydrogen-bond donors (Lipinski definition) is 1. The Balaban J connectivity index is 2.94. The Morgan fingerprint density at radius 3 is 2.60 bits per heavy atom. The van der Waals surface area contributed by atoms with E-state index in [1.807, 2.05) is 6.92 Å². The Morgan fingerprint density at radius 2 is 2.05 bits per heavy atom. The molecule has 0 aliphatic heterocycles. The molecule has 1 atom stereocenters. The molecule has 0 radical (unpaired) electrons. The minimum atomic E-state index is -4.39. The average Bonchev–Trinajstić information content (AvgIpc) is 2.38. The second kappa shape index (κ2) is 7.28. The number of carbonyl (C=O) groups excluding carboxylic acids is 1. The second-order valence-electron chi connectivity index (χ2n) is 4.24. The maximum atomic E-state index is 12.7. The number of carbonyl (C=O) groups is 1. The van der Waals surface area contributed by atoms with Crippen LogP contribution in [0.2, 0.25) is 0 Å². The number of nitrogens with one attached hydrogen (secondary N) is 1. The summed E-state index contributed by atoms with van der Waals surface area (Å²) in [6, 6.07) is 4.50. The minimum Gasteiger partial charge on any atom is -0.466 e. The lowest BCUT2D eigenvalue weighted by Crippen LogP contribution is -2.25. The van der Waals surface area contributed by atoms with Gasteiger partial charge in [-0.1, -0.05) is 19.1 Å². The second-order valence-corrected chi connectivity index (χ2v) is 4.24. The first kappa shape index (κ1) is 16.5. The molecule has 0 aromatic heterocycles. The highest BCUT2D eigenvalue weighted by atomic mass is 19.4. The number of benzene rings is 1. The van der Waals surface area contributed by atoms with Gasteiger partial charge in [0.15, 0.2) is 0 Å². The molecule has 1 aromatic rings. The van der Waals surface area contributed by atoms with Crippen LogP contribution in [0.4, 0.5) is 13.2 Å². The molecule has 0 heterocycles. The Labute approximate surface area is 116 Å². The lowest BCUT2D eigenvalue weighted by atomic mass is 10.0. The van der Waals surface area contributed by atoms with E-state index < -0.39 is 23.8 Å². The fraction of sp³-hybridized carbons (Fsp3) is 0.500. The van der Waals surface area contributed by atoms with E-state index in [0.717, 1.165) is 12.1 Å². The molecule has 1 unspecified atom stereocenters. The topological polar surface area (TPSA) is 38.3 Å². The van der Waals surface area contributed by atoms with Crippen molar-refractivity contribution in [2.75, 3.05) is 13.2 Å². The number of alkyl halides is 3. The smallest absolute Gasteiger partial charge is 0.416 e. The van der Waals surface area contributed by atoms with Gasteiger partial charge in [0.25, 0.3) is 0 Å². The molecule has 0 aliphatic rings. The normalized spacial score (nSPS) is 13.1. The van der Waals surface area contributed by atoms with Crippen molar-refractivity contribution in [2.24, 2.45) is 0 Å². The van der Waals surface area contributed by atoms with Gasteiger partial charge >= 0.3 is 12.1 Å². The monoisotopic (exact) mass is 289 g/mol. The van der Waals surface area contributed by atoms with Gasteiger partial charge in [-0.3, -0.25) is 4.79 Å². The first-order valence-electron chi connectivity index (χ1n) is 6.44. The van der Waals surface area contributed by atoms with Gasteiger partial charge in [-0.05, 0) is 31.2 Å². The van der Waals surface area contributed by atoms with Crippen LogP contribution in [0.5, 0.6) is 0 Å². The maximum Gasteiger partial charge on any atom is 0.416 e. The van der Waals surface area contributed by atoms with Crippen molar-refractivity contribution in [3.63, 3.8) is 0 Å². The van der Waals surface area contributed by atoms with Crippen molar-refractivity contribution in [1.82, 2.24) is 5.32 Å². The van der Waals surface area contributed by atoms with E-state index >= 15 is 0 Å². The van der Waals surface area contributed by atoms with E-state index in [9.17, 15) is 18.0 Å². The largest absolute Gasteiger partial charge is 0.466 e. The number of halogens is 3. The maximum absolute atomic E-state index is 12.7. The fourth-order valence-electron chi connectivity index (χ4n) is 1.87. The lowest BCUT2D eigenvalue weighted by molar-refractivity contribution is -0.143. The number of esters is 1. The third-order valence-electron chi connectivity index (χ3n) is 2.74. The van der Waals surface area contributed by atoms with Crippen molar-refractivity contribution >= 4 is 5.97 Å². The van der Waals surface area contributed by atoms with Gasteiger partial charge in [0.2, 0.25) is 0 Å². The van der Waals surface area contributed by atoms with Crippen LogP contribution in [0.15, 0.2) is 24.3 Å². The summed E-state index contributed by atoms with van der Waals surface area (Å²) in [5.41, 5.74) is -0.295. The average molecular weight is 289 g/mol. The quantitative estimate of drug-likeness (QED) is 0.817. The van der Waals surface area contributed by atoms with E-state index in [1.54, 1.807) is 13.0 Å². The molecule has 20 heavy (non-hydrogen) atoms. The van der Waals surface area contributed by atoms with Gasteiger partial charge < -0.3 is 10.1 Å². The molecule has 112 valence electrons. The molecule has 0 saturated carbocycles. The highest BCUT2D eigenvalue weighted by Gasteiger charge is 2.31. The number of rotatable bonds is 6. The zero-order valence-corrected chi connectivity index (χ0v) is 11.5. The summed E-state index contributed by atoms with van der Waals surface area (Å²) >= 11 is 0. The summed E-state index contributed by atoms with van der Waals surface area (Å²) in [6.45, 7) is 4.30. The SMILES string of the molecule is CCNC(CC(=O)OCC)c1cccc(C(F)(F)F)c1. The van der Waals surface area contributed by atoms with Gasteiger partial charge in [0.1, 0.15) is 0 Å². The molecule has 1 N–H and O–H groups in total. The third-order valence-corrected chi connectivity index (χ3v) is 2.74. The molecule has 1 aromatic carbocycles. The van der Waals surface area contributed by atoms with Crippen LogP contribution in [0, 0.1) is 0 Å². The van der Waals surface area contributed by atoms with E-state index in [4.69, 9.17) is 4.74 Å². The summed E-state index contributed by atoms with van der Waals surface area (Å²) < 4.78 is 42.9. The van der Waals surface area contributed by atoms with Crippen molar-refractivity contribution in [3.8, 4) is 0 Å². The van der Waals surface area contributed by atoms with E-state index in [1.165, 1.54) is 6.07 Å². The standard InChI is InChI=1S/C14H18F3NO2/c1-3-18-12(9-13(19)20-4-2)10-6-5-7-11(8-10)14(15,16)17/h5-8,12,18H,3-4,9H2,1-2H3. The van der Waals surface area contributed by atoms with Gasteiger partial charge in [-0.15, -0.1) is 0 Å². The van der Waals surface area contributed by atoms with Gasteiger partial charge in [-0.25, -0.2) is 0 Å². The van der Waals surface area contributed by atoms with Crippen molar-refractivity contribution in [3.05, 3.63) is 35.4 Å². The van der Waals surface area contributed by atoms with Crippen LogP contribution in [0.25, 0.3) is 0 Å². The van der Waals surface area contributed by atoms with E-state index in [-0.39, 0.29) is 13.0 Å². The Kier molecular flexibility index (Phi) is 6.01. The highest BCUT2D eigenvalue weighted by molar-refractivity contribution is 5.70. The predicted octanol–water partition coefficient (Wildman–Crippen LogP) is 3.31. The van der Waals surface area contributed by atoms with E-state index in [0.29, 0.717) is 12.1 Å². The molecule has 1 rings (SSSR count). The summed E-state index contributed by atoms with van der Waals surface area (Å²) in [5, 5.41) is 3.00. The Bertz CT molecular complexity index is 446. The summed E-state index contributed by atoms with van der Waals surface area (Å²) in [4.78, 5) is 11.5. The first-order chi connectivity index (χ1) is 9.38. The number of ether oxygens (including phenoxy) is 1. The zero-order chi connectivity index (χ0) is 15.2. The van der Waals surface area contributed by atoms with Crippen LogP contribution in [0.1, 0.15) is 37.4 Å². The van der Waals surface area contributed by atoms with Crippen LogP contribution in [-0.4, -0.2) is 19.1 Å². The van der Waals surface area contributed by atoms with Gasteiger partial charge in [0.05, 0.1) is 18.6 Å². The Hall–Kier alpha value is -1.56. The molecule has 0 amide bonds. The molecule has 6 heteroatoms. The van der Waals surface area contributed by atoms with Gasteiger partial charge in [-0.2, -0.15) is 13.2 Å². The zero-order valence-electron chi connectivity index (χ0n) is 11.5. The van der Waals surface area contributed by atoms with Crippen LogP contribution in [0.3, 0.4) is 0 Å². The summed E-state index contributed by atoms with van der Waals surface area (Å²) in [7, 11) is 0. The first-order valence-corrected chi connectivity index (χ1v) is 6.44. The minimum absolute atomic E-state index is 0.00297. The Morgan fingerprint density at radius 1 is 1.35 bits per heavy atom. The van der Waals surface area contributed by atoms with Crippen molar-refractivity contribution < 1.29 is 22.7 Å². The van der Waals surface area contributed by atoms with Gasteiger partial charge in [0, 0.05) is 6.04 Å². The molecular weight excluding hydrogens is 271 g/mol. The predicted molar refractivity (Wildman–Crippen MR) is 69.1 cm³/mol. The van der Waals surface area contributed by atoms with Crippen LogP contribution < -0.4 is 5.32 Å². The van der Waals surface area contributed by atoms with Crippen molar-refractivity contribution in [2.45, 2.75) is 32.5 Å². The molecular formula is C14H18F3NO2. The molecule has 0 fully saturated rings. The summed E-state index contributed by atoms with van der Waals surface area (Å²) in [5.74, 6) is -0.434. The molecule has 0 aliphatic carbocycles. The molecule has 0 spiro atoms. The molecule has 0 saturated heterocycles. The number of hydrogen-bond acceptors (Lipinski definition) is 3. The summed E-state index contributed by atoms with van der Waals surface area (Å²) in [6.07, 6.45) is -4.39. The molecule has 0 bridgehead atoms. The van der Waals surface area contributed by atoms with E-state index in [2.05, 4.69) is 5.32 Å². The molecule has 3 nitrogen and oxygen atoms in total. The fourth-order valence-corrected chi connectivity index (χ4v) is 1.87. The highest BCUT2D eigenvalue weighted by Crippen LogP contribution is 2.31. The van der Waals surface area contributed by atoms with Crippen LogP contribution >= 0.6 is 0 Å².